The molecule has 0 spiro atoms. The van der Waals surface area contributed by atoms with Gasteiger partial charge < -0.3 is 10.4 Å². The lowest BCUT2D eigenvalue weighted by molar-refractivity contribution is 0.130. The van der Waals surface area contributed by atoms with E-state index in [-0.39, 0.29) is 11.6 Å². The molecule has 1 aliphatic carbocycles. The van der Waals surface area contributed by atoms with Gasteiger partial charge in [0, 0.05) is 18.1 Å². The number of aliphatic hydroxyl groups excluding tert-OH is 1. The fraction of sp³-hybridized carbons (Fsp3) is 0.786. The maximum atomic E-state index is 10.1. The highest BCUT2D eigenvalue weighted by Crippen LogP contribution is 2.29. The first kappa shape index (κ1) is 14.0. The molecule has 18 heavy (non-hydrogen) atoms. The topological polar surface area (TPSA) is 45.1 Å². The summed E-state index contributed by atoms with van der Waals surface area (Å²) >= 11 is 1.66. The second-order valence-corrected chi connectivity index (χ2v) is 6.78. The quantitative estimate of drug-likeness (QED) is 0.834. The average molecular weight is 268 g/mol. The zero-order valence-electron chi connectivity index (χ0n) is 11.4. The van der Waals surface area contributed by atoms with Crippen LogP contribution >= 0.6 is 11.3 Å². The Morgan fingerprint density at radius 1 is 1.50 bits per heavy atom. The van der Waals surface area contributed by atoms with Crippen molar-refractivity contribution in [1.29, 1.82) is 0 Å². The molecule has 3 nitrogen and oxygen atoms in total. The van der Waals surface area contributed by atoms with E-state index in [1.165, 1.54) is 25.7 Å². The third-order valence-electron chi connectivity index (χ3n) is 3.83. The Kier molecular flexibility index (Phi) is 4.76. The largest absolute Gasteiger partial charge is 0.392 e. The Balaban J connectivity index is 1.76. The summed E-state index contributed by atoms with van der Waals surface area (Å²) < 4.78 is 0. The predicted octanol–water partition coefficient (Wildman–Crippen LogP) is 2.91. The number of nitrogens with zero attached hydrogens (tertiary/aromatic N) is 1. The van der Waals surface area contributed by atoms with Crippen LogP contribution < -0.4 is 5.32 Å². The van der Waals surface area contributed by atoms with Crippen molar-refractivity contribution in [3.05, 3.63) is 16.6 Å². The molecule has 1 aromatic heterocycles. The number of aliphatic hydroxyl groups is 1. The number of hydrogen-bond donors (Lipinski definition) is 2. The summed E-state index contributed by atoms with van der Waals surface area (Å²) in [4.78, 5) is 4.34. The molecule has 0 aliphatic heterocycles. The molecular formula is C14H24N2OS. The van der Waals surface area contributed by atoms with Gasteiger partial charge >= 0.3 is 0 Å². The van der Waals surface area contributed by atoms with Crippen LogP contribution in [-0.2, 0) is 5.54 Å². The van der Waals surface area contributed by atoms with Crippen molar-refractivity contribution in [2.75, 3.05) is 6.54 Å². The number of aromatic nitrogens is 1. The van der Waals surface area contributed by atoms with Gasteiger partial charge in [-0.15, -0.1) is 11.3 Å². The van der Waals surface area contributed by atoms with Crippen LogP contribution in [0.3, 0.4) is 0 Å². The molecule has 1 saturated carbocycles. The van der Waals surface area contributed by atoms with Gasteiger partial charge in [0.05, 0.1) is 11.6 Å². The summed E-state index contributed by atoms with van der Waals surface area (Å²) in [5.74, 6) is 0.741. The second kappa shape index (κ2) is 6.13. The molecule has 1 unspecified atom stereocenters. The molecule has 0 aromatic carbocycles. The Morgan fingerprint density at radius 3 is 2.83 bits per heavy atom. The van der Waals surface area contributed by atoms with Gasteiger partial charge in [-0.25, -0.2) is 4.98 Å². The number of nitrogens with one attached hydrogen (secondary N) is 1. The van der Waals surface area contributed by atoms with Crippen molar-refractivity contribution in [3.8, 4) is 0 Å². The first-order valence-corrected chi connectivity index (χ1v) is 7.79. The van der Waals surface area contributed by atoms with Gasteiger partial charge in [-0.3, -0.25) is 0 Å². The number of hydrogen-bond acceptors (Lipinski definition) is 4. The Bertz CT molecular complexity index is 345. The summed E-state index contributed by atoms with van der Waals surface area (Å²) in [6.07, 6.45) is 7.83. The molecule has 1 atom stereocenters. The van der Waals surface area contributed by atoms with E-state index in [4.69, 9.17) is 0 Å². The summed E-state index contributed by atoms with van der Waals surface area (Å²) in [5.41, 5.74) is -0.148. The van der Waals surface area contributed by atoms with Gasteiger partial charge in [-0.05, 0) is 26.2 Å². The third-order valence-corrected chi connectivity index (χ3v) is 4.92. The highest BCUT2D eigenvalue weighted by Gasteiger charge is 2.25. The van der Waals surface area contributed by atoms with E-state index in [1.807, 2.05) is 11.6 Å². The summed E-state index contributed by atoms with van der Waals surface area (Å²) in [5, 5.41) is 16.6. The van der Waals surface area contributed by atoms with E-state index in [0.717, 1.165) is 17.3 Å². The summed E-state index contributed by atoms with van der Waals surface area (Å²) in [7, 11) is 0. The van der Waals surface area contributed by atoms with Crippen LogP contribution in [0.15, 0.2) is 11.6 Å². The molecule has 2 N–H and O–H groups in total. The smallest absolute Gasteiger partial charge is 0.112 e. The lowest BCUT2D eigenvalue weighted by Gasteiger charge is -2.26. The van der Waals surface area contributed by atoms with Crippen molar-refractivity contribution in [2.24, 2.45) is 5.92 Å². The third kappa shape index (κ3) is 3.77. The number of thiazole rings is 1. The monoisotopic (exact) mass is 268 g/mol. The van der Waals surface area contributed by atoms with Crippen LogP contribution in [0, 0.1) is 5.92 Å². The highest BCUT2D eigenvalue weighted by molar-refractivity contribution is 7.09. The van der Waals surface area contributed by atoms with Crippen LogP contribution in [0.25, 0.3) is 0 Å². The molecule has 0 radical (unpaired) electrons. The molecule has 0 bridgehead atoms. The normalized spacial score (nSPS) is 19.3. The average Bonchev–Trinajstić information content (AvgIpc) is 2.99. The molecule has 1 aliphatic rings. The van der Waals surface area contributed by atoms with Gasteiger partial charge in [0.25, 0.3) is 0 Å². The second-order valence-electron chi connectivity index (χ2n) is 5.88. The Hall–Kier alpha value is -0.450. The molecule has 1 heterocycles. The lowest BCUT2D eigenvalue weighted by atomic mass is 9.99. The maximum absolute atomic E-state index is 10.1. The van der Waals surface area contributed by atoms with E-state index in [0.29, 0.717) is 6.54 Å². The molecule has 2 rings (SSSR count). The van der Waals surface area contributed by atoms with E-state index < -0.39 is 0 Å². The van der Waals surface area contributed by atoms with Crippen LogP contribution in [0.5, 0.6) is 0 Å². The molecule has 1 fully saturated rings. The van der Waals surface area contributed by atoms with Gasteiger partial charge in [0.15, 0.2) is 0 Å². The first-order valence-electron chi connectivity index (χ1n) is 6.91. The van der Waals surface area contributed by atoms with Crippen LogP contribution in [0.4, 0.5) is 0 Å². The van der Waals surface area contributed by atoms with Crippen molar-refractivity contribution >= 4 is 11.3 Å². The fourth-order valence-electron chi connectivity index (χ4n) is 2.69. The fourth-order valence-corrected chi connectivity index (χ4v) is 3.43. The van der Waals surface area contributed by atoms with Crippen molar-refractivity contribution in [1.82, 2.24) is 10.3 Å². The van der Waals surface area contributed by atoms with Gasteiger partial charge in [-0.1, -0.05) is 25.7 Å². The highest BCUT2D eigenvalue weighted by atomic mass is 32.1. The van der Waals surface area contributed by atoms with Gasteiger partial charge in [0.2, 0.25) is 0 Å². The summed E-state index contributed by atoms with van der Waals surface area (Å²) in [6, 6.07) is 0. The summed E-state index contributed by atoms with van der Waals surface area (Å²) in [6.45, 7) is 4.89. The lowest BCUT2D eigenvalue weighted by Crippen LogP contribution is -2.41. The van der Waals surface area contributed by atoms with Gasteiger partial charge in [0.1, 0.15) is 5.01 Å². The minimum absolute atomic E-state index is 0.148. The first-order chi connectivity index (χ1) is 8.58. The van der Waals surface area contributed by atoms with E-state index in [9.17, 15) is 5.11 Å². The van der Waals surface area contributed by atoms with Crippen LogP contribution in [0.1, 0.15) is 51.0 Å². The van der Waals surface area contributed by atoms with Crippen LogP contribution in [-0.4, -0.2) is 22.7 Å². The molecule has 1 aromatic rings. The minimum atomic E-state index is -0.229. The zero-order chi connectivity index (χ0) is 13.0. The molecule has 4 heteroatoms. The molecule has 102 valence electrons. The van der Waals surface area contributed by atoms with E-state index in [1.54, 1.807) is 11.3 Å². The Labute approximate surface area is 114 Å². The zero-order valence-corrected chi connectivity index (χ0v) is 12.2. The standard InChI is InChI=1S/C14H24N2OS/c1-14(2,13-15-7-8-18-13)16-10-12(17)9-11-5-3-4-6-11/h7-8,11-12,16-17H,3-6,9-10H2,1-2H3. The SMILES string of the molecule is CC(C)(NCC(O)CC1CCCC1)c1nccs1. The maximum Gasteiger partial charge on any atom is 0.112 e. The molecule has 0 saturated heterocycles. The van der Waals surface area contributed by atoms with E-state index >= 15 is 0 Å². The van der Waals surface area contributed by atoms with Crippen molar-refractivity contribution in [2.45, 2.75) is 57.6 Å². The van der Waals surface area contributed by atoms with Gasteiger partial charge in [-0.2, -0.15) is 0 Å². The van der Waals surface area contributed by atoms with Crippen LogP contribution in [0.2, 0.25) is 0 Å². The van der Waals surface area contributed by atoms with E-state index in [2.05, 4.69) is 24.1 Å². The Morgan fingerprint density at radius 2 is 2.22 bits per heavy atom. The van der Waals surface area contributed by atoms with Crippen molar-refractivity contribution < 1.29 is 5.11 Å². The predicted molar refractivity (Wildman–Crippen MR) is 75.7 cm³/mol. The minimum Gasteiger partial charge on any atom is -0.392 e. The molecular weight excluding hydrogens is 244 g/mol. The molecule has 0 amide bonds. The van der Waals surface area contributed by atoms with Crippen molar-refractivity contribution in [3.63, 3.8) is 0 Å². The number of rotatable bonds is 6.